The van der Waals surface area contributed by atoms with Crippen molar-refractivity contribution in [2.75, 3.05) is 82.4 Å². The van der Waals surface area contributed by atoms with Crippen LogP contribution in [-0.4, -0.2) is 117 Å². The van der Waals surface area contributed by atoms with Gasteiger partial charge in [-0.3, -0.25) is 20.0 Å². The van der Waals surface area contributed by atoms with E-state index in [1.807, 2.05) is 17.4 Å². The zero-order valence-corrected chi connectivity index (χ0v) is 21.5. The van der Waals surface area contributed by atoms with Gasteiger partial charge in [0.15, 0.2) is 11.6 Å². The summed E-state index contributed by atoms with van der Waals surface area (Å²) in [4.78, 5) is 33.7. The van der Waals surface area contributed by atoms with Crippen molar-refractivity contribution in [3.05, 3.63) is 23.8 Å². The molecule has 0 saturated carbocycles. The van der Waals surface area contributed by atoms with Crippen LogP contribution in [0.2, 0.25) is 0 Å². The minimum Gasteiger partial charge on any atom is -0.442 e. The highest BCUT2D eigenvalue weighted by molar-refractivity contribution is 7.80. The first-order valence-corrected chi connectivity index (χ1v) is 12.5. The molecule has 0 radical (unpaired) electrons. The van der Waals surface area contributed by atoms with Crippen LogP contribution in [0.25, 0.3) is 0 Å². The summed E-state index contributed by atoms with van der Waals surface area (Å²) in [5, 5.41) is 5.80. The molecular formula is C22H29F4N7O4S. The van der Waals surface area contributed by atoms with Crippen molar-refractivity contribution in [1.29, 1.82) is 0 Å². The largest absolute Gasteiger partial charge is 0.442 e. The second kappa shape index (κ2) is 12.3. The van der Waals surface area contributed by atoms with Crippen LogP contribution in [0.5, 0.6) is 0 Å². The molecular weight excluding hydrogens is 534 g/mol. The number of benzene rings is 1. The minimum absolute atomic E-state index is 0.0957. The summed E-state index contributed by atoms with van der Waals surface area (Å²) < 4.78 is 60.0. The molecule has 1 aromatic carbocycles. The lowest BCUT2D eigenvalue weighted by molar-refractivity contribution is -0.132. The van der Waals surface area contributed by atoms with Gasteiger partial charge in [0.25, 0.3) is 5.91 Å². The summed E-state index contributed by atoms with van der Waals surface area (Å²) >= 11 is 5.45. The fraction of sp³-hybridized carbons (Fsp3) is 0.591. The molecule has 0 bridgehead atoms. The minimum atomic E-state index is -3.21. The Bertz CT molecular complexity index is 1020. The number of piperazine rings is 1. The lowest BCUT2D eigenvalue weighted by Crippen LogP contribution is -2.55. The zero-order chi connectivity index (χ0) is 27.4. The Hall–Kier alpha value is -2.95. The third-order valence-corrected chi connectivity index (χ3v) is 6.67. The van der Waals surface area contributed by atoms with Gasteiger partial charge in [0.1, 0.15) is 11.8 Å². The lowest BCUT2D eigenvalue weighted by atomic mass is 10.2. The average molecular weight is 564 g/mol. The fourth-order valence-electron chi connectivity index (χ4n) is 4.28. The molecule has 1 atom stereocenters. The van der Waals surface area contributed by atoms with E-state index in [-0.39, 0.29) is 50.7 Å². The molecule has 0 spiro atoms. The average Bonchev–Trinajstić information content (AvgIpc) is 3.07. The lowest BCUT2D eigenvalue weighted by Gasteiger charge is -2.34. The Labute approximate surface area is 222 Å². The molecule has 0 aliphatic carbocycles. The number of carbonyl (C=O) groups is 2. The van der Waals surface area contributed by atoms with Crippen molar-refractivity contribution in [1.82, 2.24) is 25.7 Å². The molecule has 3 aliphatic rings. The number of hydrogen-bond acceptors (Lipinski definition) is 8. The number of carbonyl (C=O) groups excluding carboxylic acids is 2. The first kappa shape index (κ1) is 28.1. The molecule has 0 aromatic heterocycles. The van der Waals surface area contributed by atoms with E-state index in [2.05, 4.69) is 10.3 Å². The number of hydrazine groups is 1. The number of nitrogens with zero attached hydrogens (tertiary/aromatic N) is 5. The van der Waals surface area contributed by atoms with E-state index in [1.54, 1.807) is 0 Å². The van der Waals surface area contributed by atoms with E-state index in [9.17, 15) is 18.4 Å². The number of likely N-dealkylation sites (N-methyl/N-ethyl adjacent to an activating group) is 1. The molecule has 3 fully saturated rings. The van der Waals surface area contributed by atoms with Crippen LogP contribution < -0.4 is 20.5 Å². The van der Waals surface area contributed by atoms with E-state index in [4.69, 9.17) is 21.8 Å². The van der Waals surface area contributed by atoms with Crippen LogP contribution in [0.3, 0.4) is 0 Å². The number of hydrogen-bond donors (Lipinski definition) is 2. The van der Waals surface area contributed by atoms with Crippen LogP contribution in [0.15, 0.2) is 12.1 Å². The van der Waals surface area contributed by atoms with Gasteiger partial charge in [-0.1, -0.05) is 0 Å². The van der Waals surface area contributed by atoms with Crippen LogP contribution in [0.4, 0.5) is 33.7 Å². The van der Waals surface area contributed by atoms with Crippen LogP contribution in [0.1, 0.15) is 0 Å². The molecule has 3 heterocycles. The molecule has 0 unspecified atom stereocenters. The Morgan fingerprint density at radius 3 is 2.45 bits per heavy atom. The Kier molecular flexibility index (Phi) is 9.07. The molecule has 3 saturated heterocycles. The van der Waals surface area contributed by atoms with Gasteiger partial charge in [0.05, 0.1) is 31.9 Å². The van der Waals surface area contributed by atoms with Gasteiger partial charge in [-0.25, -0.2) is 23.6 Å². The van der Waals surface area contributed by atoms with Crippen LogP contribution in [-0.2, 0) is 14.4 Å². The van der Waals surface area contributed by atoms with E-state index >= 15 is 8.78 Å². The summed E-state index contributed by atoms with van der Waals surface area (Å²) in [5.41, 5.74) is 2.78. The predicted octanol–water partition coefficient (Wildman–Crippen LogP) is 0.762. The standard InChI is InChI=1S/C22H29F4N7O4S/c1-29-2-5-31(6-3-29)28-21(38)33-7-4-30(8-9-36-33)18-16(23)10-14(11-17(18)24)32-13-15(37-22(32)35)12-27-20(34)19(25)26/h10-11,15,19H,2-9,12-13H2,1H3,(H,27,34)(H,28,38)/t15-/m0/s1. The van der Waals surface area contributed by atoms with Gasteiger partial charge in [0, 0.05) is 51.4 Å². The number of ether oxygens (including phenoxy) is 1. The van der Waals surface area contributed by atoms with Crippen molar-refractivity contribution >= 4 is 40.7 Å². The van der Waals surface area contributed by atoms with Crippen LogP contribution in [0, 0.1) is 11.6 Å². The van der Waals surface area contributed by atoms with Crippen molar-refractivity contribution < 1.29 is 36.7 Å². The van der Waals surface area contributed by atoms with Gasteiger partial charge in [-0.2, -0.15) is 8.78 Å². The topological polar surface area (TPSA) is 92.9 Å². The Morgan fingerprint density at radius 2 is 1.79 bits per heavy atom. The molecule has 3 aliphatic heterocycles. The van der Waals surface area contributed by atoms with Crippen molar-refractivity contribution in [3.63, 3.8) is 0 Å². The van der Waals surface area contributed by atoms with Gasteiger partial charge >= 0.3 is 12.5 Å². The second-order valence-electron chi connectivity index (χ2n) is 9.05. The first-order valence-electron chi connectivity index (χ1n) is 12.0. The number of thiocarbonyl (C=S) groups is 1. The monoisotopic (exact) mass is 563 g/mol. The number of cyclic esters (lactones) is 1. The van der Waals surface area contributed by atoms with Gasteiger partial charge in [-0.05, 0) is 19.3 Å². The van der Waals surface area contributed by atoms with E-state index in [1.165, 1.54) is 9.96 Å². The van der Waals surface area contributed by atoms with E-state index in [0.717, 1.165) is 43.2 Å². The molecule has 16 heteroatoms. The molecule has 38 heavy (non-hydrogen) atoms. The smallest absolute Gasteiger partial charge is 0.414 e. The highest BCUT2D eigenvalue weighted by Gasteiger charge is 2.34. The Morgan fingerprint density at radius 1 is 1.11 bits per heavy atom. The van der Waals surface area contributed by atoms with E-state index in [0.29, 0.717) is 5.11 Å². The maximum Gasteiger partial charge on any atom is 0.414 e. The SMILES string of the molecule is CN1CCN(NC(=S)N2CCN(c3c(F)cc(N4C[C@H](CNC(=O)C(F)F)OC4=O)cc3F)CCO2)CC1. The van der Waals surface area contributed by atoms with Gasteiger partial charge in [-0.15, -0.1) is 0 Å². The first-order chi connectivity index (χ1) is 18.1. The van der Waals surface area contributed by atoms with Gasteiger partial charge in [0.2, 0.25) is 5.11 Å². The summed E-state index contributed by atoms with van der Waals surface area (Å²) in [6.07, 6.45) is -5.07. The molecule has 2 amide bonds. The molecule has 11 nitrogen and oxygen atoms in total. The summed E-state index contributed by atoms with van der Waals surface area (Å²) in [5.74, 6) is -3.29. The number of amides is 2. The number of alkyl halides is 2. The molecule has 4 rings (SSSR count). The molecule has 1 aromatic rings. The maximum atomic E-state index is 15.1. The third-order valence-electron chi connectivity index (χ3n) is 6.37. The normalized spacial score (nSPS) is 21.5. The van der Waals surface area contributed by atoms with Crippen molar-refractivity contribution in [3.8, 4) is 0 Å². The number of rotatable bonds is 6. The third kappa shape index (κ3) is 6.73. The number of hydroxylamine groups is 2. The molecule has 210 valence electrons. The summed E-state index contributed by atoms with van der Waals surface area (Å²) in [6, 6.07) is 2.01. The number of halogens is 4. The van der Waals surface area contributed by atoms with Gasteiger partial charge < -0.3 is 19.9 Å². The summed E-state index contributed by atoms with van der Waals surface area (Å²) in [7, 11) is 2.04. The zero-order valence-electron chi connectivity index (χ0n) is 20.7. The maximum absolute atomic E-state index is 15.1. The van der Waals surface area contributed by atoms with Crippen molar-refractivity contribution in [2.45, 2.75) is 12.5 Å². The summed E-state index contributed by atoms with van der Waals surface area (Å²) in [6.45, 7) is 3.63. The number of nitrogens with one attached hydrogen (secondary N) is 2. The predicted molar refractivity (Wildman–Crippen MR) is 133 cm³/mol. The highest BCUT2D eigenvalue weighted by Crippen LogP contribution is 2.31. The quantitative estimate of drug-likeness (QED) is 0.382. The highest BCUT2D eigenvalue weighted by atomic mass is 32.1. The van der Waals surface area contributed by atoms with E-state index < -0.39 is 36.2 Å². The molecule has 2 N–H and O–H groups in total. The second-order valence-corrected chi connectivity index (χ2v) is 9.44. The number of anilines is 2. The van der Waals surface area contributed by atoms with Crippen LogP contribution >= 0.6 is 12.2 Å². The Balaban J connectivity index is 1.36. The van der Waals surface area contributed by atoms with Crippen molar-refractivity contribution in [2.24, 2.45) is 0 Å². The fourth-order valence-corrected chi connectivity index (χ4v) is 4.56.